The van der Waals surface area contributed by atoms with Gasteiger partial charge in [0, 0.05) is 6.20 Å². The van der Waals surface area contributed by atoms with Crippen LogP contribution in [0.15, 0.2) is 54.9 Å². The molecule has 2 heterocycles. The minimum atomic E-state index is -5.68. The molecule has 0 saturated carbocycles. The van der Waals surface area contributed by atoms with E-state index in [1.54, 1.807) is 0 Å². The van der Waals surface area contributed by atoms with E-state index in [0.717, 1.165) is 30.5 Å². The maximum absolute atomic E-state index is 14.7. The number of hydrogen-bond donors (Lipinski definition) is 1. The molecule has 0 spiro atoms. The first-order chi connectivity index (χ1) is 17.2. The molecule has 196 valence electrons. The number of pyridine rings is 2. The molecule has 0 unspecified atom stereocenters. The van der Waals surface area contributed by atoms with Crippen molar-refractivity contribution in [1.29, 1.82) is 0 Å². The number of carbonyl (C=O) groups excluding carboxylic acids is 2. The van der Waals surface area contributed by atoms with Crippen LogP contribution in [-0.4, -0.2) is 44.6 Å². The predicted molar refractivity (Wildman–Crippen MR) is 103 cm³/mol. The Balaban J connectivity index is 2.21. The summed E-state index contributed by atoms with van der Waals surface area (Å²) in [5.74, 6) is -9.40. The van der Waals surface area contributed by atoms with Crippen LogP contribution in [0, 0.1) is 11.6 Å². The van der Waals surface area contributed by atoms with Gasteiger partial charge in [0.15, 0.2) is 11.6 Å². The van der Waals surface area contributed by atoms with Crippen molar-refractivity contribution in [2.24, 2.45) is 0 Å². The van der Waals surface area contributed by atoms with Crippen molar-refractivity contribution in [2.75, 3.05) is 0 Å². The maximum atomic E-state index is 14.7. The molecular weight excluding hydrogens is 526 g/mol. The van der Waals surface area contributed by atoms with E-state index in [2.05, 4.69) is 19.5 Å². The van der Waals surface area contributed by atoms with Crippen molar-refractivity contribution in [3.8, 4) is 11.5 Å². The van der Waals surface area contributed by atoms with Gasteiger partial charge >= 0.3 is 24.4 Å². The van der Waals surface area contributed by atoms with Gasteiger partial charge in [0.2, 0.25) is 0 Å². The average molecular weight is 537 g/mol. The normalized spacial score (nSPS) is 12.5. The zero-order valence-corrected chi connectivity index (χ0v) is 17.7. The fraction of sp³-hybridized carbons (Fsp3) is 0.143. The number of aromatic nitrogens is 2. The first kappa shape index (κ1) is 27.1. The molecule has 3 rings (SSSR count). The highest BCUT2D eigenvalue weighted by molar-refractivity contribution is 5.93. The molecule has 1 atom stereocenters. The molecule has 0 radical (unpaired) electrons. The average Bonchev–Trinajstić information content (AvgIpc) is 2.80. The van der Waals surface area contributed by atoms with Crippen molar-refractivity contribution in [3.05, 3.63) is 83.4 Å². The molecule has 1 aromatic carbocycles. The molecule has 2 aromatic heterocycles. The molecule has 0 saturated heterocycles. The number of hydrogen-bond acceptors (Lipinski definition) is 7. The van der Waals surface area contributed by atoms with Crippen LogP contribution in [0.2, 0.25) is 0 Å². The highest BCUT2D eigenvalue weighted by Crippen LogP contribution is 2.35. The van der Waals surface area contributed by atoms with E-state index in [0.29, 0.717) is 18.3 Å². The van der Waals surface area contributed by atoms with Gasteiger partial charge in [-0.3, -0.25) is 9.78 Å². The van der Waals surface area contributed by atoms with E-state index in [4.69, 9.17) is 0 Å². The molecular formula is C21H11F8N3O5. The van der Waals surface area contributed by atoms with Crippen LogP contribution in [0.25, 0.3) is 0 Å². The van der Waals surface area contributed by atoms with E-state index in [1.165, 1.54) is 0 Å². The number of nitrogens with zero attached hydrogens (tertiary/aromatic N) is 3. The smallest absolute Gasteiger partial charge is 0.506 e. The van der Waals surface area contributed by atoms with E-state index < -0.39 is 70.5 Å². The fourth-order valence-corrected chi connectivity index (χ4v) is 2.88. The number of hydroxylamine groups is 2. The molecule has 0 aliphatic carbocycles. The second-order valence-corrected chi connectivity index (χ2v) is 6.92. The standard InChI is InChI=1S/C21H11F8N3O5/c22-12-2-1-7-30-16(12)17(10-3-6-15(13(23)8-10)36-21(27,28)29)32(37-19(35)20(24,25)26)18(34)14-5-4-11(33)9-31-14/h1-9,17,33H/t17-/m0/s1. The topological polar surface area (TPSA) is 102 Å². The summed E-state index contributed by atoms with van der Waals surface area (Å²) in [6.45, 7) is 0. The van der Waals surface area contributed by atoms with Crippen molar-refractivity contribution in [2.45, 2.75) is 18.6 Å². The predicted octanol–water partition coefficient (Wildman–Crippen LogP) is 4.61. The van der Waals surface area contributed by atoms with Gasteiger partial charge in [-0.05, 0) is 42.0 Å². The molecule has 8 nitrogen and oxygen atoms in total. The molecule has 1 amide bonds. The second-order valence-electron chi connectivity index (χ2n) is 6.92. The molecule has 16 heteroatoms. The summed E-state index contributed by atoms with van der Waals surface area (Å²) in [6, 6.07) is 2.55. The maximum Gasteiger partial charge on any atom is 0.573 e. The SMILES string of the molecule is O=C(c1ccc(O)cn1)N(OC(=O)C(F)(F)F)[C@@H](c1ccc(OC(F)(F)F)c(F)c1)c1ncccc1F. The minimum Gasteiger partial charge on any atom is -0.506 e. The second kappa shape index (κ2) is 10.2. The van der Waals surface area contributed by atoms with Gasteiger partial charge in [0.05, 0.1) is 6.20 Å². The summed E-state index contributed by atoms with van der Waals surface area (Å²) in [5, 5.41) is 9.03. The van der Waals surface area contributed by atoms with Crippen LogP contribution in [0.3, 0.4) is 0 Å². The lowest BCUT2D eigenvalue weighted by Gasteiger charge is -2.30. The number of ether oxygens (including phenoxy) is 1. The van der Waals surface area contributed by atoms with E-state index in [9.17, 15) is 49.8 Å². The molecule has 3 aromatic rings. The monoisotopic (exact) mass is 537 g/mol. The van der Waals surface area contributed by atoms with Gasteiger partial charge in [-0.15, -0.1) is 13.2 Å². The highest BCUT2D eigenvalue weighted by atomic mass is 19.4. The van der Waals surface area contributed by atoms with Gasteiger partial charge in [-0.25, -0.2) is 18.6 Å². The molecule has 1 N–H and O–H groups in total. The van der Waals surface area contributed by atoms with E-state index in [1.807, 2.05) is 0 Å². The zero-order chi connectivity index (χ0) is 27.5. The van der Waals surface area contributed by atoms with Crippen molar-refractivity contribution < 1.29 is 59.4 Å². The Labute approximate surface area is 200 Å². The third-order valence-corrected chi connectivity index (χ3v) is 4.36. The Bertz CT molecular complexity index is 1300. The van der Waals surface area contributed by atoms with Crippen LogP contribution in [-0.2, 0) is 9.63 Å². The van der Waals surface area contributed by atoms with Crippen molar-refractivity contribution >= 4 is 11.9 Å². The lowest BCUT2D eigenvalue weighted by atomic mass is 10.0. The van der Waals surface area contributed by atoms with Gasteiger partial charge in [0.25, 0.3) is 0 Å². The molecule has 0 fully saturated rings. The summed E-state index contributed by atoms with van der Waals surface area (Å²) < 4.78 is 109. The lowest BCUT2D eigenvalue weighted by Crippen LogP contribution is -2.42. The third kappa shape index (κ3) is 6.59. The Morgan fingerprint density at radius 3 is 2.19 bits per heavy atom. The van der Waals surface area contributed by atoms with Gasteiger partial charge in [-0.1, -0.05) is 6.07 Å². The molecule has 37 heavy (non-hydrogen) atoms. The summed E-state index contributed by atoms with van der Waals surface area (Å²) in [5.41, 5.74) is -2.29. The number of alkyl halides is 6. The Morgan fingerprint density at radius 2 is 1.65 bits per heavy atom. The first-order valence-corrected chi connectivity index (χ1v) is 9.60. The Kier molecular flexibility index (Phi) is 7.50. The summed E-state index contributed by atoms with van der Waals surface area (Å²) >= 11 is 0. The number of halogens is 8. The van der Waals surface area contributed by atoms with Gasteiger partial charge in [-0.2, -0.15) is 18.2 Å². The highest BCUT2D eigenvalue weighted by Gasteiger charge is 2.46. The number of aromatic hydroxyl groups is 1. The molecule has 0 bridgehead atoms. The summed E-state index contributed by atoms with van der Waals surface area (Å²) in [6.07, 6.45) is -9.36. The Hall–Kier alpha value is -4.50. The number of carbonyl (C=O) groups is 2. The third-order valence-electron chi connectivity index (χ3n) is 4.36. The van der Waals surface area contributed by atoms with Gasteiger partial charge in [0.1, 0.15) is 29.0 Å². The summed E-state index contributed by atoms with van der Waals surface area (Å²) in [7, 11) is 0. The van der Waals surface area contributed by atoms with E-state index in [-0.39, 0.29) is 11.1 Å². The number of benzene rings is 1. The first-order valence-electron chi connectivity index (χ1n) is 9.60. The van der Waals surface area contributed by atoms with Gasteiger partial charge < -0.3 is 14.7 Å². The molecule has 0 aliphatic heterocycles. The van der Waals surface area contributed by atoms with Crippen LogP contribution in [0.5, 0.6) is 11.5 Å². The largest absolute Gasteiger partial charge is 0.573 e. The number of rotatable bonds is 5. The van der Waals surface area contributed by atoms with Crippen LogP contribution in [0.1, 0.15) is 27.8 Å². The fourth-order valence-electron chi connectivity index (χ4n) is 2.88. The summed E-state index contributed by atoms with van der Waals surface area (Å²) in [4.78, 5) is 36.0. The zero-order valence-electron chi connectivity index (χ0n) is 17.7. The quantitative estimate of drug-likeness (QED) is 0.375. The molecule has 0 aliphatic rings. The van der Waals surface area contributed by atoms with Crippen LogP contribution < -0.4 is 4.74 Å². The van der Waals surface area contributed by atoms with Crippen LogP contribution in [0.4, 0.5) is 35.1 Å². The number of amides is 1. The lowest BCUT2D eigenvalue weighted by molar-refractivity contribution is -0.275. The van der Waals surface area contributed by atoms with Crippen LogP contribution >= 0.6 is 0 Å². The van der Waals surface area contributed by atoms with Crippen molar-refractivity contribution in [3.63, 3.8) is 0 Å². The van der Waals surface area contributed by atoms with Crippen molar-refractivity contribution in [1.82, 2.24) is 15.0 Å². The minimum absolute atomic E-state index is 0.284. The van der Waals surface area contributed by atoms with E-state index >= 15 is 0 Å². The Morgan fingerprint density at radius 1 is 0.946 bits per heavy atom.